The molecule has 8 heteroatoms. The fourth-order valence-electron chi connectivity index (χ4n) is 2.89. The van der Waals surface area contributed by atoms with E-state index in [1.165, 1.54) is 0 Å². The van der Waals surface area contributed by atoms with E-state index in [9.17, 15) is 4.79 Å². The van der Waals surface area contributed by atoms with Gasteiger partial charge in [0.1, 0.15) is 0 Å². The largest absolute Gasteiger partial charge is 0.351 e. The summed E-state index contributed by atoms with van der Waals surface area (Å²) in [6.07, 6.45) is 0. The number of para-hydroxylation sites is 1. The van der Waals surface area contributed by atoms with Gasteiger partial charge in [0.2, 0.25) is 5.95 Å². The zero-order valence-electron chi connectivity index (χ0n) is 15.0. The molecule has 0 unspecified atom stereocenters. The van der Waals surface area contributed by atoms with Crippen molar-refractivity contribution in [3.8, 4) is 5.69 Å². The summed E-state index contributed by atoms with van der Waals surface area (Å²) in [7, 11) is 0. The highest BCUT2D eigenvalue weighted by Gasteiger charge is 2.08. The van der Waals surface area contributed by atoms with Crippen molar-refractivity contribution < 1.29 is 4.79 Å². The van der Waals surface area contributed by atoms with Gasteiger partial charge in [-0.15, -0.1) is 0 Å². The van der Waals surface area contributed by atoms with Gasteiger partial charge in [-0.25, -0.2) is 4.79 Å². The van der Waals surface area contributed by atoms with E-state index in [0.717, 1.165) is 22.1 Å². The van der Waals surface area contributed by atoms with Crippen LogP contribution >= 0.6 is 0 Å². The van der Waals surface area contributed by atoms with Gasteiger partial charge in [0.15, 0.2) is 0 Å². The van der Waals surface area contributed by atoms with Gasteiger partial charge in [-0.3, -0.25) is 0 Å². The highest BCUT2D eigenvalue weighted by Crippen LogP contribution is 2.22. The second-order valence-corrected chi connectivity index (χ2v) is 6.08. The van der Waals surface area contributed by atoms with Crippen LogP contribution < -0.4 is 16.0 Å². The standard InChI is InChI=1S/C20H19N7O/c28-20(23-18-12-6-8-15-7-4-5-11-17(15)18)22-14-13-21-19-24-25-26-27(19)16-9-2-1-3-10-16/h1-12H,13-14H2,(H,21,24,26)(H2,22,23,28). The third kappa shape index (κ3) is 3.90. The first-order valence-electron chi connectivity index (χ1n) is 8.91. The Bertz CT molecular complexity index is 1070. The van der Waals surface area contributed by atoms with Gasteiger partial charge < -0.3 is 16.0 Å². The molecule has 1 aromatic heterocycles. The topological polar surface area (TPSA) is 96.8 Å². The molecule has 140 valence electrons. The summed E-state index contributed by atoms with van der Waals surface area (Å²) in [4.78, 5) is 12.2. The van der Waals surface area contributed by atoms with Crippen LogP contribution in [0.4, 0.5) is 16.4 Å². The highest BCUT2D eigenvalue weighted by molar-refractivity contribution is 6.01. The second-order valence-electron chi connectivity index (χ2n) is 6.08. The lowest BCUT2D eigenvalue weighted by Gasteiger charge is -2.11. The fourth-order valence-corrected chi connectivity index (χ4v) is 2.89. The van der Waals surface area contributed by atoms with Crippen LogP contribution in [0.3, 0.4) is 0 Å². The Labute approximate surface area is 161 Å². The third-order valence-electron chi connectivity index (χ3n) is 4.20. The Morgan fingerprint density at radius 3 is 2.57 bits per heavy atom. The fraction of sp³-hybridized carbons (Fsp3) is 0.100. The molecule has 0 fully saturated rings. The summed E-state index contributed by atoms with van der Waals surface area (Å²) >= 11 is 0. The molecule has 0 atom stereocenters. The number of tetrazole rings is 1. The van der Waals surface area contributed by atoms with Crippen molar-refractivity contribution in [2.75, 3.05) is 23.7 Å². The smallest absolute Gasteiger partial charge is 0.319 e. The first kappa shape index (κ1) is 17.5. The number of fused-ring (bicyclic) bond motifs is 1. The van der Waals surface area contributed by atoms with Gasteiger partial charge in [-0.05, 0) is 34.0 Å². The van der Waals surface area contributed by atoms with Gasteiger partial charge in [0.25, 0.3) is 0 Å². The van der Waals surface area contributed by atoms with E-state index in [4.69, 9.17) is 0 Å². The molecular weight excluding hydrogens is 354 g/mol. The van der Waals surface area contributed by atoms with Crippen LogP contribution in [0.1, 0.15) is 0 Å². The summed E-state index contributed by atoms with van der Waals surface area (Å²) in [5, 5.41) is 22.6. The maximum Gasteiger partial charge on any atom is 0.319 e. The number of hydrogen-bond donors (Lipinski definition) is 3. The number of amides is 2. The van der Waals surface area contributed by atoms with E-state index in [1.807, 2.05) is 72.8 Å². The Balaban J connectivity index is 1.30. The molecule has 8 nitrogen and oxygen atoms in total. The van der Waals surface area contributed by atoms with Crippen molar-refractivity contribution in [2.45, 2.75) is 0 Å². The quantitative estimate of drug-likeness (QED) is 0.451. The molecule has 0 saturated carbocycles. The van der Waals surface area contributed by atoms with Gasteiger partial charge in [0.05, 0.1) is 11.4 Å². The van der Waals surface area contributed by atoms with Crippen molar-refractivity contribution >= 4 is 28.4 Å². The summed E-state index contributed by atoms with van der Waals surface area (Å²) in [5.74, 6) is 0.516. The lowest BCUT2D eigenvalue weighted by atomic mass is 10.1. The zero-order chi connectivity index (χ0) is 19.2. The lowest BCUT2D eigenvalue weighted by Crippen LogP contribution is -2.33. The number of carbonyl (C=O) groups excluding carboxylic acids is 1. The predicted molar refractivity (Wildman–Crippen MR) is 109 cm³/mol. The monoisotopic (exact) mass is 373 g/mol. The first-order valence-corrected chi connectivity index (χ1v) is 8.91. The summed E-state index contributed by atoms with van der Waals surface area (Å²) in [6.45, 7) is 0.897. The van der Waals surface area contributed by atoms with E-state index in [0.29, 0.717) is 19.0 Å². The van der Waals surface area contributed by atoms with E-state index < -0.39 is 0 Å². The highest BCUT2D eigenvalue weighted by atomic mass is 16.2. The van der Waals surface area contributed by atoms with Gasteiger partial charge in [0, 0.05) is 18.5 Å². The number of aromatic nitrogens is 4. The molecule has 3 aromatic carbocycles. The predicted octanol–water partition coefficient (Wildman–Crippen LogP) is 3.05. The molecule has 1 heterocycles. The minimum Gasteiger partial charge on any atom is -0.351 e. The zero-order valence-corrected chi connectivity index (χ0v) is 15.0. The first-order chi connectivity index (χ1) is 13.8. The number of anilines is 2. The number of carbonyl (C=O) groups is 1. The average molecular weight is 373 g/mol. The average Bonchev–Trinajstić information content (AvgIpc) is 3.21. The van der Waals surface area contributed by atoms with E-state index in [1.54, 1.807) is 4.68 Å². The van der Waals surface area contributed by atoms with E-state index in [-0.39, 0.29) is 6.03 Å². The Morgan fingerprint density at radius 2 is 1.68 bits per heavy atom. The number of rotatable bonds is 6. The van der Waals surface area contributed by atoms with Crippen molar-refractivity contribution in [3.05, 3.63) is 72.8 Å². The van der Waals surface area contributed by atoms with Gasteiger partial charge >= 0.3 is 6.03 Å². The molecule has 3 N–H and O–H groups in total. The Hall–Kier alpha value is -3.94. The molecule has 0 aliphatic carbocycles. The van der Waals surface area contributed by atoms with Gasteiger partial charge in [-0.1, -0.05) is 59.7 Å². The minimum atomic E-state index is -0.263. The number of benzene rings is 3. The SMILES string of the molecule is O=C(NCCNc1nnnn1-c1ccccc1)Nc1cccc2ccccc12. The summed E-state index contributed by atoms with van der Waals surface area (Å²) in [6, 6.07) is 23.1. The molecule has 0 radical (unpaired) electrons. The van der Waals surface area contributed by atoms with Gasteiger partial charge in [-0.2, -0.15) is 4.68 Å². The molecule has 4 aromatic rings. The minimum absolute atomic E-state index is 0.263. The molecule has 0 aliphatic heterocycles. The molecule has 0 saturated heterocycles. The van der Waals surface area contributed by atoms with E-state index in [2.05, 4.69) is 31.5 Å². The Morgan fingerprint density at radius 1 is 0.893 bits per heavy atom. The molecular formula is C20H19N7O. The summed E-state index contributed by atoms with van der Waals surface area (Å²) < 4.78 is 1.61. The van der Waals surface area contributed by atoms with Crippen LogP contribution in [0.15, 0.2) is 72.8 Å². The normalized spacial score (nSPS) is 10.6. The third-order valence-corrected chi connectivity index (χ3v) is 4.20. The number of hydrogen-bond acceptors (Lipinski definition) is 5. The van der Waals surface area contributed by atoms with Crippen LogP contribution in [-0.4, -0.2) is 39.3 Å². The molecule has 0 bridgehead atoms. The van der Waals surface area contributed by atoms with Crippen molar-refractivity contribution in [1.29, 1.82) is 0 Å². The van der Waals surface area contributed by atoms with Crippen LogP contribution in [0.5, 0.6) is 0 Å². The molecule has 0 spiro atoms. The number of urea groups is 1. The Kier molecular flexibility index (Phi) is 5.10. The maximum atomic E-state index is 12.2. The second kappa shape index (κ2) is 8.17. The number of nitrogens with one attached hydrogen (secondary N) is 3. The lowest BCUT2D eigenvalue weighted by molar-refractivity contribution is 0.252. The maximum absolute atomic E-state index is 12.2. The molecule has 2 amide bonds. The van der Waals surface area contributed by atoms with E-state index >= 15 is 0 Å². The summed E-state index contributed by atoms with van der Waals surface area (Å²) in [5.41, 5.74) is 1.63. The molecule has 0 aliphatic rings. The van der Waals surface area contributed by atoms with Crippen molar-refractivity contribution in [1.82, 2.24) is 25.5 Å². The van der Waals surface area contributed by atoms with Crippen LogP contribution in [0.2, 0.25) is 0 Å². The van der Waals surface area contributed by atoms with Crippen LogP contribution in [0, 0.1) is 0 Å². The van der Waals surface area contributed by atoms with Crippen molar-refractivity contribution in [2.24, 2.45) is 0 Å². The van der Waals surface area contributed by atoms with Crippen LogP contribution in [-0.2, 0) is 0 Å². The molecule has 28 heavy (non-hydrogen) atoms. The van der Waals surface area contributed by atoms with Crippen LogP contribution in [0.25, 0.3) is 16.5 Å². The number of nitrogens with zero attached hydrogens (tertiary/aromatic N) is 4. The molecule has 4 rings (SSSR count). The van der Waals surface area contributed by atoms with Crippen molar-refractivity contribution in [3.63, 3.8) is 0 Å².